The number of imidazole rings is 1. The highest BCUT2D eigenvalue weighted by atomic mass is 19.4. The minimum Gasteiger partial charge on any atom is -0.331 e. The first-order chi connectivity index (χ1) is 22.8. The number of alkyl halides is 3. The van der Waals surface area contributed by atoms with Crippen molar-refractivity contribution in [1.29, 1.82) is 0 Å². The molecule has 0 aliphatic carbocycles. The van der Waals surface area contributed by atoms with Crippen molar-refractivity contribution in [2.24, 2.45) is 0 Å². The molecule has 4 heterocycles. The lowest BCUT2D eigenvalue weighted by Crippen LogP contribution is -2.54. The van der Waals surface area contributed by atoms with Crippen LogP contribution >= 0.6 is 0 Å². The van der Waals surface area contributed by atoms with Crippen molar-refractivity contribution in [1.82, 2.24) is 29.7 Å². The predicted octanol–water partition coefficient (Wildman–Crippen LogP) is 3.69. The van der Waals surface area contributed by atoms with Crippen LogP contribution in [0.2, 0.25) is 0 Å². The summed E-state index contributed by atoms with van der Waals surface area (Å²) in [6.45, 7) is -11.2. The van der Waals surface area contributed by atoms with Gasteiger partial charge in [-0.05, 0) is 49.4 Å². The third kappa shape index (κ3) is 5.65. The van der Waals surface area contributed by atoms with Crippen molar-refractivity contribution >= 4 is 23.1 Å². The summed E-state index contributed by atoms with van der Waals surface area (Å²) < 4.78 is 157. The van der Waals surface area contributed by atoms with E-state index < -0.39 is 121 Å². The number of aromatic nitrogens is 3. The van der Waals surface area contributed by atoms with Gasteiger partial charge in [0.25, 0.3) is 0 Å². The molecule has 5 rings (SSSR count). The van der Waals surface area contributed by atoms with Gasteiger partial charge < -0.3 is 15.1 Å². The molecule has 2 fully saturated rings. The highest BCUT2D eigenvalue weighted by Gasteiger charge is 2.40. The Kier molecular flexibility index (Phi) is 4.81. The summed E-state index contributed by atoms with van der Waals surface area (Å²) in [5.41, 5.74) is -2.60. The van der Waals surface area contributed by atoms with E-state index in [2.05, 4.69) is 9.97 Å². The molecule has 3 aromatic rings. The molecule has 2 aromatic heterocycles. The SMILES string of the molecule is [2H]C1([2H])N(C(=O)N[C@]2([2H])CC[C@@H](c3cccc(F)c3F)CN(CC(F)(F)F)C2=O)C([2H])([2H])C([2H])([2H])C([2H])(n2c(=O)[nH]c3ncccc32)C1([2H])[2H]. The van der Waals surface area contributed by atoms with Crippen molar-refractivity contribution in [2.45, 2.75) is 49.7 Å². The van der Waals surface area contributed by atoms with Crippen molar-refractivity contribution in [3.63, 3.8) is 0 Å². The van der Waals surface area contributed by atoms with Crippen LogP contribution < -0.4 is 11.0 Å². The van der Waals surface area contributed by atoms with E-state index in [4.69, 9.17) is 13.7 Å². The smallest absolute Gasteiger partial charge is 0.331 e. The molecule has 214 valence electrons. The van der Waals surface area contributed by atoms with Gasteiger partial charge in [-0.1, -0.05) is 12.1 Å². The molecule has 0 saturated carbocycles. The topological polar surface area (TPSA) is 103 Å². The average molecular weight is 577 g/mol. The number of carbonyl (C=O) groups is 2. The quantitative estimate of drug-likeness (QED) is 0.463. The number of halogens is 5. The molecule has 2 aliphatic rings. The average Bonchev–Trinajstić information content (AvgIpc) is 3.28. The Hall–Kier alpha value is -3.97. The number of urea groups is 1. The molecule has 14 heteroatoms. The molecule has 3 amide bonds. The molecule has 0 bridgehead atoms. The minimum absolute atomic E-state index is 0.0274. The Morgan fingerprint density at radius 3 is 2.62 bits per heavy atom. The van der Waals surface area contributed by atoms with Gasteiger partial charge in [0, 0.05) is 48.6 Å². The van der Waals surface area contributed by atoms with Crippen LogP contribution in [0.4, 0.5) is 26.7 Å². The molecule has 2 N–H and O–H groups in total. The third-order valence-electron chi connectivity index (χ3n) is 6.23. The molecule has 40 heavy (non-hydrogen) atoms. The summed E-state index contributed by atoms with van der Waals surface area (Å²) in [5.74, 6) is -5.95. The van der Waals surface area contributed by atoms with Gasteiger partial charge in [-0.25, -0.2) is 23.4 Å². The zero-order chi connectivity index (χ0) is 37.6. The number of amides is 3. The number of aromatic amines is 1. The van der Waals surface area contributed by atoms with E-state index in [0.29, 0.717) is 0 Å². The Balaban J connectivity index is 1.58. The van der Waals surface area contributed by atoms with E-state index in [1.165, 1.54) is 12.3 Å². The standard InChI is InChI=1S/C26H27F5N6O3/c27-18-4-1-3-17(21(18)28)15-6-7-19(23(38)36(13-15)14-26(29,30)31)33-24(39)35-11-8-16(9-12-35)37-20-5-2-10-32-22(20)34-25(37)40/h1-5,10,15-16,19H,6-9,11-14H2,(H,33,39)(H,32,34,40)/t15-,19-/m1/s1/i8D2,9D2,11D2,12D2,16D,19D. The summed E-state index contributed by atoms with van der Waals surface area (Å²) in [7, 11) is 0. The second-order valence-electron chi connectivity index (χ2n) is 8.88. The number of pyridine rings is 1. The van der Waals surface area contributed by atoms with Crippen LogP contribution in [0.3, 0.4) is 0 Å². The van der Waals surface area contributed by atoms with Crippen LogP contribution in [0.25, 0.3) is 11.2 Å². The molecule has 2 atom stereocenters. The second kappa shape index (κ2) is 10.9. The molecule has 0 radical (unpaired) electrons. The fraction of sp³-hybridized carbons (Fsp3) is 0.462. The van der Waals surface area contributed by atoms with Crippen molar-refractivity contribution in [3.8, 4) is 0 Å². The maximum absolute atomic E-state index is 14.7. The van der Waals surface area contributed by atoms with Crippen LogP contribution in [0, 0.1) is 11.6 Å². The molecule has 0 unspecified atom stereocenters. The summed E-state index contributed by atoms with van der Waals surface area (Å²) in [4.78, 5) is 45.6. The van der Waals surface area contributed by atoms with Crippen LogP contribution in [-0.2, 0) is 4.79 Å². The third-order valence-corrected chi connectivity index (χ3v) is 6.23. The second-order valence-corrected chi connectivity index (χ2v) is 8.88. The molecule has 9 nitrogen and oxygen atoms in total. The number of likely N-dealkylation sites (tertiary alicyclic amines) is 2. The lowest BCUT2D eigenvalue weighted by Gasteiger charge is -2.34. The van der Waals surface area contributed by atoms with Crippen molar-refractivity contribution in [2.75, 3.05) is 26.1 Å². The fourth-order valence-electron chi connectivity index (χ4n) is 4.45. The van der Waals surface area contributed by atoms with E-state index >= 15 is 0 Å². The number of hydrogen-bond donors (Lipinski definition) is 2. The van der Waals surface area contributed by atoms with E-state index in [9.17, 15) is 36.3 Å². The number of H-pyrrole nitrogens is 1. The zero-order valence-corrected chi connectivity index (χ0v) is 20.3. The normalized spacial score (nSPS) is 32.4. The zero-order valence-electron chi connectivity index (χ0n) is 30.3. The molecule has 1 aromatic carbocycles. The van der Waals surface area contributed by atoms with Gasteiger partial charge in [0.2, 0.25) is 5.91 Å². The fourth-order valence-corrected chi connectivity index (χ4v) is 4.45. The maximum atomic E-state index is 14.7. The maximum Gasteiger partial charge on any atom is 0.406 e. The van der Waals surface area contributed by atoms with E-state index in [1.54, 1.807) is 5.32 Å². The van der Waals surface area contributed by atoms with Crippen LogP contribution in [-0.4, -0.2) is 74.6 Å². The molecular formula is C26H27F5N6O3. The van der Waals surface area contributed by atoms with Gasteiger partial charge >= 0.3 is 17.9 Å². The number of rotatable bonds is 4. The largest absolute Gasteiger partial charge is 0.406 e. The number of nitrogens with one attached hydrogen (secondary N) is 2. The Labute approximate surface area is 239 Å². The van der Waals surface area contributed by atoms with Crippen molar-refractivity contribution < 1.29 is 45.2 Å². The summed E-state index contributed by atoms with van der Waals surface area (Å²) >= 11 is 0. The number of fused-ring (bicyclic) bond motifs is 1. The Morgan fingerprint density at radius 2 is 1.90 bits per heavy atom. The summed E-state index contributed by atoms with van der Waals surface area (Å²) in [6, 6.07) is -4.13. The minimum atomic E-state index is -5.11. The van der Waals surface area contributed by atoms with Gasteiger partial charge in [0.15, 0.2) is 17.3 Å². The number of carbonyl (C=O) groups excluding carboxylic acids is 2. The van der Waals surface area contributed by atoms with E-state index in [-0.39, 0.29) is 15.1 Å². The molecule has 2 aliphatic heterocycles. The Morgan fingerprint density at radius 1 is 1.15 bits per heavy atom. The number of nitrogens with zero attached hydrogens (tertiary/aromatic N) is 4. The number of benzene rings is 1. The number of hydrogen-bond acceptors (Lipinski definition) is 4. The lowest BCUT2D eigenvalue weighted by molar-refractivity contribution is -0.162. The van der Waals surface area contributed by atoms with Crippen LogP contribution in [0.1, 0.15) is 56.8 Å². The highest BCUT2D eigenvalue weighted by molar-refractivity contribution is 5.87. The molecular weight excluding hydrogens is 539 g/mol. The lowest BCUT2D eigenvalue weighted by atomic mass is 9.93. The van der Waals surface area contributed by atoms with Gasteiger partial charge in [0.05, 0.1) is 8.26 Å². The first kappa shape index (κ1) is 17.7. The van der Waals surface area contributed by atoms with Gasteiger partial charge in [-0.15, -0.1) is 0 Å². The van der Waals surface area contributed by atoms with Gasteiger partial charge in [-0.2, -0.15) is 13.2 Å². The summed E-state index contributed by atoms with van der Waals surface area (Å²) in [5, 5.41) is 1.63. The predicted molar refractivity (Wildman–Crippen MR) is 133 cm³/mol. The van der Waals surface area contributed by atoms with Gasteiger partial charge in [-0.3, -0.25) is 14.3 Å². The Bertz CT molecular complexity index is 1900. The van der Waals surface area contributed by atoms with Crippen LogP contribution in [0.5, 0.6) is 0 Å². The number of piperidine rings is 1. The van der Waals surface area contributed by atoms with Gasteiger partial charge in [0.1, 0.15) is 12.6 Å². The summed E-state index contributed by atoms with van der Waals surface area (Å²) in [6.07, 6.45) is -13.6. The highest BCUT2D eigenvalue weighted by Crippen LogP contribution is 2.32. The molecule has 0 spiro atoms. The van der Waals surface area contributed by atoms with Crippen LogP contribution in [0.15, 0.2) is 41.3 Å². The van der Waals surface area contributed by atoms with E-state index in [1.807, 2.05) is 0 Å². The molecule has 2 saturated heterocycles. The monoisotopic (exact) mass is 576 g/mol. The first-order valence-electron chi connectivity index (χ1n) is 16.7. The first-order valence-corrected chi connectivity index (χ1v) is 11.7. The van der Waals surface area contributed by atoms with E-state index in [0.717, 1.165) is 24.3 Å². The van der Waals surface area contributed by atoms with Crippen molar-refractivity contribution in [3.05, 3.63) is 64.2 Å².